The van der Waals surface area contributed by atoms with E-state index in [0.29, 0.717) is 12.2 Å². The van der Waals surface area contributed by atoms with Gasteiger partial charge in [-0.05, 0) is 36.2 Å². The molecule has 0 radical (unpaired) electrons. The van der Waals surface area contributed by atoms with Crippen molar-refractivity contribution in [3.63, 3.8) is 0 Å². The number of hydrogen-bond donors (Lipinski definition) is 0. The molecule has 4 nitrogen and oxygen atoms in total. The lowest BCUT2D eigenvalue weighted by molar-refractivity contribution is -0.134. The van der Waals surface area contributed by atoms with Crippen LogP contribution in [0.3, 0.4) is 0 Å². The quantitative estimate of drug-likeness (QED) is 0.203. The number of ether oxygens (including phenoxy) is 1. The number of carbonyl (C=O) groups is 1. The standard InChI is InChI=1S/C22H25N2O2/c1-2-3-4-5-9-12-22(25)26-21-15-13-20(14-16-21)18-24-23-17-19-10-7-6-8-11-19/h6-8,10-11,13-17H,2-5,9,12H2,1H3/q+1. The molecule has 134 valence electrons. The Balaban J connectivity index is 1.76. The van der Waals surface area contributed by atoms with Crippen LogP contribution in [0.25, 0.3) is 4.95 Å². The third-order valence-electron chi connectivity index (χ3n) is 3.81. The molecule has 0 saturated heterocycles. The SMILES string of the molecule is CCCCCCCC(=O)Oc1ccc(C#[N+]N=Cc2ccccc2)cc1. The molecular weight excluding hydrogens is 324 g/mol. The van der Waals surface area contributed by atoms with Crippen molar-refractivity contribution in [3.05, 3.63) is 70.7 Å². The Labute approximate surface area is 155 Å². The van der Waals surface area contributed by atoms with Crippen LogP contribution in [0.15, 0.2) is 59.7 Å². The maximum atomic E-state index is 11.8. The molecule has 2 aromatic carbocycles. The van der Waals surface area contributed by atoms with Crippen LogP contribution in [0.1, 0.15) is 56.6 Å². The molecule has 0 fully saturated rings. The Morgan fingerprint density at radius 1 is 1.04 bits per heavy atom. The highest BCUT2D eigenvalue weighted by atomic mass is 16.5. The van der Waals surface area contributed by atoms with Gasteiger partial charge in [-0.25, -0.2) is 0 Å². The van der Waals surface area contributed by atoms with Gasteiger partial charge in [0.1, 0.15) is 27.6 Å². The molecule has 0 aliphatic heterocycles. The van der Waals surface area contributed by atoms with Crippen LogP contribution < -0.4 is 4.74 Å². The minimum atomic E-state index is -0.181. The number of hydrogen-bond acceptors (Lipinski definition) is 3. The molecular formula is C22H25N2O2+. The molecule has 2 rings (SSSR count). The summed E-state index contributed by atoms with van der Waals surface area (Å²) in [5.74, 6) is 0.362. The van der Waals surface area contributed by atoms with E-state index >= 15 is 0 Å². The Morgan fingerprint density at radius 3 is 2.50 bits per heavy atom. The van der Waals surface area contributed by atoms with E-state index in [1.807, 2.05) is 30.3 Å². The summed E-state index contributed by atoms with van der Waals surface area (Å²) in [6, 6.07) is 19.7. The Bertz CT molecular complexity index is 756. The van der Waals surface area contributed by atoms with Crippen molar-refractivity contribution < 1.29 is 9.53 Å². The molecule has 0 aliphatic rings. The van der Waals surface area contributed by atoms with Gasteiger partial charge < -0.3 is 4.74 Å². The van der Waals surface area contributed by atoms with Crippen molar-refractivity contribution in [2.24, 2.45) is 5.10 Å². The topological polar surface area (TPSA) is 43.0 Å². The van der Waals surface area contributed by atoms with Crippen molar-refractivity contribution in [1.82, 2.24) is 0 Å². The predicted octanol–water partition coefficient (Wildman–Crippen LogP) is 5.67. The molecule has 0 aliphatic carbocycles. The van der Waals surface area contributed by atoms with Crippen molar-refractivity contribution in [3.8, 4) is 11.8 Å². The van der Waals surface area contributed by atoms with Gasteiger partial charge in [-0.2, -0.15) is 0 Å². The van der Waals surface area contributed by atoms with Gasteiger partial charge in [-0.1, -0.05) is 62.9 Å². The fourth-order valence-corrected chi connectivity index (χ4v) is 2.37. The molecule has 0 N–H and O–H groups in total. The van der Waals surface area contributed by atoms with Crippen LogP contribution in [0.4, 0.5) is 0 Å². The zero-order chi connectivity index (χ0) is 18.5. The first kappa shape index (κ1) is 19.4. The second-order valence-corrected chi connectivity index (χ2v) is 6.03. The fraction of sp³-hybridized carbons (Fsp3) is 0.318. The van der Waals surface area contributed by atoms with Crippen LogP contribution >= 0.6 is 0 Å². The van der Waals surface area contributed by atoms with E-state index in [1.165, 1.54) is 19.3 Å². The lowest BCUT2D eigenvalue weighted by atomic mass is 10.1. The third kappa shape index (κ3) is 7.76. The number of unbranched alkanes of at least 4 members (excludes halogenated alkanes) is 4. The van der Waals surface area contributed by atoms with Crippen molar-refractivity contribution in [2.45, 2.75) is 45.4 Å². The van der Waals surface area contributed by atoms with Gasteiger partial charge in [0, 0.05) is 6.42 Å². The van der Waals surface area contributed by atoms with Gasteiger partial charge in [0.15, 0.2) is 0 Å². The van der Waals surface area contributed by atoms with Crippen LogP contribution in [-0.2, 0) is 4.79 Å². The first-order chi connectivity index (χ1) is 12.8. The van der Waals surface area contributed by atoms with E-state index in [-0.39, 0.29) is 5.97 Å². The van der Waals surface area contributed by atoms with E-state index in [9.17, 15) is 4.79 Å². The van der Waals surface area contributed by atoms with Crippen LogP contribution in [0.5, 0.6) is 5.75 Å². The Hall–Kier alpha value is -2.93. The number of rotatable bonds is 8. The van der Waals surface area contributed by atoms with Crippen LogP contribution in [0.2, 0.25) is 0 Å². The van der Waals surface area contributed by atoms with Gasteiger partial charge in [0.25, 0.3) is 0 Å². The highest BCUT2D eigenvalue weighted by Crippen LogP contribution is 2.14. The van der Waals surface area contributed by atoms with E-state index in [2.05, 4.69) is 23.0 Å². The second-order valence-electron chi connectivity index (χ2n) is 6.03. The van der Waals surface area contributed by atoms with Crippen LogP contribution in [0, 0.1) is 6.07 Å². The summed E-state index contributed by atoms with van der Waals surface area (Å²) in [4.78, 5) is 15.7. The molecule has 26 heavy (non-hydrogen) atoms. The Morgan fingerprint density at radius 2 is 1.77 bits per heavy atom. The van der Waals surface area contributed by atoms with Gasteiger partial charge in [0.2, 0.25) is 0 Å². The average molecular weight is 349 g/mol. The van der Waals surface area contributed by atoms with E-state index in [4.69, 9.17) is 4.74 Å². The molecule has 0 saturated carbocycles. The summed E-state index contributed by atoms with van der Waals surface area (Å²) in [5.41, 5.74) is 1.75. The molecule has 0 amide bonds. The van der Waals surface area contributed by atoms with Gasteiger partial charge in [-0.15, -0.1) is 0 Å². The maximum absolute atomic E-state index is 11.8. The zero-order valence-corrected chi connectivity index (χ0v) is 15.2. The summed E-state index contributed by atoms with van der Waals surface area (Å²) in [5, 5.41) is 3.97. The van der Waals surface area contributed by atoms with Crippen molar-refractivity contribution >= 4 is 12.2 Å². The number of esters is 1. The first-order valence-electron chi connectivity index (χ1n) is 9.13. The average Bonchev–Trinajstić information content (AvgIpc) is 2.67. The maximum Gasteiger partial charge on any atom is 0.360 e. The summed E-state index contributed by atoms with van der Waals surface area (Å²) < 4.78 is 5.33. The lowest BCUT2D eigenvalue weighted by Crippen LogP contribution is -2.07. The zero-order valence-electron chi connectivity index (χ0n) is 15.2. The van der Waals surface area contributed by atoms with E-state index in [1.54, 1.807) is 30.5 Å². The van der Waals surface area contributed by atoms with E-state index < -0.39 is 0 Å². The molecule has 0 bridgehead atoms. The minimum absolute atomic E-state index is 0.181. The minimum Gasteiger partial charge on any atom is -0.427 e. The summed E-state index contributed by atoms with van der Waals surface area (Å²) in [6.45, 7) is 2.18. The summed E-state index contributed by atoms with van der Waals surface area (Å²) >= 11 is 0. The van der Waals surface area contributed by atoms with Crippen molar-refractivity contribution in [2.75, 3.05) is 0 Å². The summed E-state index contributed by atoms with van der Waals surface area (Å²) in [7, 11) is 0. The molecule has 0 spiro atoms. The molecule has 0 heterocycles. The van der Waals surface area contributed by atoms with Gasteiger partial charge >= 0.3 is 12.0 Å². The van der Waals surface area contributed by atoms with Crippen LogP contribution in [-0.4, -0.2) is 12.2 Å². The van der Waals surface area contributed by atoms with Crippen molar-refractivity contribution in [1.29, 1.82) is 0 Å². The fourth-order valence-electron chi connectivity index (χ4n) is 2.37. The number of nitrogens with zero attached hydrogens (tertiary/aromatic N) is 2. The molecule has 0 aromatic heterocycles. The molecule has 4 heteroatoms. The number of benzene rings is 2. The van der Waals surface area contributed by atoms with Gasteiger partial charge in [0.05, 0.1) is 0 Å². The first-order valence-corrected chi connectivity index (χ1v) is 9.13. The highest BCUT2D eigenvalue weighted by Gasteiger charge is 2.05. The Kier molecular flexibility index (Phi) is 8.65. The number of carbonyl (C=O) groups excluding carboxylic acids is 1. The van der Waals surface area contributed by atoms with E-state index in [0.717, 1.165) is 24.0 Å². The second kappa shape index (κ2) is 11.6. The predicted molar refractivity (Wildman–Crippen MR) is 106 cm³/mol. The molecule has 0 unspecified atom stereocenters. The lowest BCUT2D eigenvalue weighted by Gasteiger charge is -2.03. The largest absolute Gasteiger partial charge is 0.427 e. The summed E-state index contributed by atoms with van der Waals surface area (Å²) in [6.07, 6.45) is 7.71. The highest BCUT2D eigenvalue weighted by molar-refractivity contribution is 5.79. The molecule has 0 atom stereocenters. The smallest absolute Gasteiger partial charge is 0.360 e. The normalized spacial score (nSPS) is 10.3. The van der Waals surface area contributed by atoms with Gasteiger partial charge in [-0.3, -0.25) is 4.79 Å². The monoisotopic (exact) mass is 349 g/mol. The molecule has 2 aromatic rings. The third-order valence-corrected chi connectivity index (χ3v) is 3.81.